The summed E-state index contributed by atoms with van der Waals surface area (Å²) in [6, 6.07) is 1.60. The SMILES string of the molecule is CCC1CCC(N(CC)CCC2(C)CN(C(C)C)C2)CC1. The molecule has 0 aromatic rings. The van der Waals surface area contributed by atoms with Crippen LogP contribution in [0.25, 0.3) is 0 Å². The molecule has 1 aliphatic heterocycles. The molecule has 0 radical (unpaired) electrons. The van der Waals surface area contributed by atoms with Crippen LogP contribution in [-0.4, -0.2) is 48.1 Å². The Morgan fingerprint density at radius 3 is 2.19 bits per heavy atom. The Kier molecular flexibility index (Phi) is 6.14. The summed E-state index contributed by atoms with van der Waals surface area (Å²) in [4.78, 5) is 5.40. The average Bonchev–Trinajstić information content (AvgIpc) is 2.45. The zero-order chi connectivity index (χ0) is 15.5. The third-order valence-electron chi connectivity index (χ3n) is 6.22. The van der Waals surface area contributed by atoms with E-state index < -0.39 is 0 Å². The fourth-order valence-electron chi connectivity index (χ4n) is 4.39. The van der Waals surface area contributed by atoms with E-state index in [9.17, 15) is 0 Å². The molecule has 2 aliphatic rings. The summed E-state index contributed by atoms with van der Waals surface area (Å²) in [6.07, 6.45) is 8.61. The molecule has 2 nitrogen and oxygen atoms in total. The fourth-order valence-corrected chi connectivity index (χ4v) is 4.39. The van der Waals surface area contributed by atoms with E-state index in [0.717, 1.165) is 18.0 Å². The van der Waals surface area contributed by atoms with Gasteiger partial charge in [-0.05, 0) is 70.4 Å². The molecule has 0 amide bonds. The molecule has 0 unspecified atom stereocenters. The predicted octanol–water partition coefficient (Wildman–Crippen LogP) is 4.40. The van der Waals surface area contributed by atoms with E-state index in [1.807, 2.05) is 0 Å². The van der Waals surface area contributed by atoms with Crippen molar-refractivity contribution in [2.75, 3.05) is 26.2 Å². The van der Waals surface area contributed by atoms with Gasteiger partial charge in [-0.15, -0.1) is 0 Å². The van der Waals surface area contributed by atoms with E-state index in [-0.39, 0.29) is 0 Å². The lowest BCUT2D eigenvalue weighted by Crippen LogP contribution is -2.58. The Morgan fingerprint density at radius 1 is 1.10 bits per heavy atom. The Bertz CT molecular complexity index is 299. The molecule has 1 saturated carbocycles. The van der Waals surface area contributed by atoms with Crippen LogP contribution in [0, 0.1) is 11.3 Å². The van der Waals surface area contributed by atoms with Gasteiger partial charge in [-0.1, -0.05) is 27.2 Å². The van der Waals surface area contributed by atoms with Crippen molar-refractivity contribution < 1.29 is 0 Å². The predicted molar refractivity (Wildman–Crippen MR) is 92.7 cm³/mol. The second-order valence-electron chi connectivity index (χ2n) is 8.27. The highest BCUT2D eigenvalue weighted by atomic mass is 15.2. The maximum Gasteiger partial charge on any atom is 0.00953 e. The number of nitrogens with zero attached hydrogens (tertiary/aromatic N) is 2. The quantitative estimate of drug-likeness (QED) is 0.687. The summed E-state index contributed by atoms with van der Waals surface area (Å²) < 4.78 is 0. The van der Waals surface area contributed by atoms with Gasteiger partial charge in [-0.2, -0.15) is 0 Å². The van der Waals surface area contributed by atoms with Crippen LogP contribution in [-0.2, 0) is 0 Å². The Balaban J connectivity index is 1.73. The van der Waals surface area contributed by atoms with Crippen LogP contribution in [0.4, 0.5) is 0 Å². The van der Waals surface area contributed by atoms with Gasteiger partial charge < -0.3 is 4.90 Å². The van der Waals surface area contributed by atoms with E-state index in [1.165, 1.54) is 64.7 Å². The van der Waals surface area contributed by atoms with Crippen LogP contribution in [0.1, 0.15) is 73.1 Å². The lowest BCUT2D eigenvalue weighted by molar-refractivity contribution is -0.0233. The van der Waals surface area contributed by atoms with Crippen molar-refractivity contribution in [2.45, 2.75) is 85.2 Å². The molecular weight excluding hydrogens is 256 g/mol. The molecule has 0 aromatic heterocycles. The summed E-state index contributed by atoms with van der Waals surface area (Å²) in [7, 11) is 0. The van der Waals surface area contributed by atoms with Gasteiger partial charge in [0.15, 0.2) is 0 Å². The van der Waals surface area contributed by atoms with Crippen molar-refractivity contribution in [1.82, 2.24) is 9.80 Å². The molecule has 0 N–H and O–H groups in total. The monoisotopic (exact) mass is 294 g/mol. The Morgan fingerprint density at radius 2 is 1.71 bits per heavy atom. The molecule has 21 heavy (non-hydrogen) atoms. The molecule has 1 heterocycles. The molecule has 1 aliphatic carbocycles. The molecule has 2 fully saturated rings. The average molecular weight is 295 g/mol. The van der Waals surface area contributed by atoms with Crippen LogP contribution in [0.5, 0.6) is 0 Å². The normalized spacial score (nSPS) is 29.9. The van der Waals surface area contributed by atoms with E-state index in [0.29, 0.717) is 5.41 Å². The first-order valence-corrected chi connectivity index (χ1v) is 9.45. The van der Waals surface area contributed by atoms with Gasteiger partial charge in [-0.3, -0.25) is 4.90 Å². The molecular formula is C19H38N2. The van der Waals surface area contributed by atoms with Crippen LogP contribution < -0.4 is 0 Å². The van der Waals surface area contributed by atoms with Gasteiger partial charge in [0.2, 0.25) is 0 Å². The van der Waals surface area contributed by atoms with Crippen LogP contribution in [0.2, 0.25) is 0 Å². The topological polar surface area (TPSA) is 6.48 Å². The maximum atomic E-state index is 2.79. The van der Waals surface area contributed by atoms with Crippen molar-refractivity contribution in [3.05, 3.63) is 0 Å². The summed E-state index contributed by atoms with van der Waals surface area (Å²) in [6.45, 7) is 17.0. The molecule has 2 rings (SSSR count). The molecule has 1 saturated heterocycles. The van der Waals surface area contributed by atoms with Crippen molar-refractivity contribution in [2.24, 2.45) is 11.3 Å². The first kappa shape index (κ1) is 17.3. The van der Waals surface area contributed by atoms with Crippen LogP contribution >= 0.6 is 0 Å². The van der Waals surface area contributed by atoms with Gasteiger partial charge in [0.1, 0.15) is 0 Å². The molecule has 0 spiro atoms. The third-order valence-corrected chi connectivity index (χ3v) is 6.22. The lowest BCUT2D eigenvalue weighted by Gasteiger charge is -2.51. The van der Waals surface area contributed by atoms with Crippen molar-refractivity contribution in [3.8, 4) is 0 Å². The van der Waals surface area contributed by atoms with Crippen LogP contribution in [0.3, 0.4) is 0 Å². The molecule has 0 bridgehead atoms. The number of rotatable bonds is 7. The summed E-state index contributed by atoms with van der Waals surface area (Å²) in [5.74, 6) is 1.02. The molecule has 0 atom stereocenters. The van der Waals surface area contributed by atoms with E-state index in [1.54, 1.807) is 0 Å². The highest BCUT2D eigenvalue weighted by Gasteiger charge is 2.39. The zero-order valence-electron chi connectivity index (χ0n) is 15.2. The minimum atomic E-state index is 0.582. The minimum absolute atomic E-state index is 0.582. The number of likely N-dealkylation sites (tertiary alicyclic amines) is 1. The highest BCUT2D eigenvalue weighted by molar-refractivity contribution is 4.93. The molecule has 124 valence electrons. The van der Waals surface area contributed by atoms with Gasteiger partial charge in [-0.25, -0.2) is 0 Å². The Labute approximate surface area is 133 Å². The summed E-state index contributed by atoms with van der Waals surface area (Å²) >= 11 is 0. The van der Waals surface area contributed by atoms with Crippen LogP contribution in [0.15, 0.2) is 0 Å². The second kappa shape index (κ2) is 7.46. The van der Waals surface area contributed by atoms with Gasteiger partial charge in [0.25, 0.3) is 0 Å². The van der Waals surface area contributed by atoms with E-state index in [2.05, 4.69) is 44.4 Å². The Hall–Kier alpha value is -0.0800. The van der Waals surface area contributed by atoms with E-state index in [4.69, 9.17) is 0 Å². The van der Waals surface area contributed by atoms with Gasteiger partial charge >= 0.3 is 0 Å². The lowest BCUT2D eigenvalue weighted by atomic mass is 9.77. The minimum Gasteiger partial charge on any atom is -0.301 e. The van der Waals surface area contributed by atoms with Crippen molar-refractivity contribution in [3.63, 3.8) is 0 Å². The van der Waals surface area contributed by atoms with E-state index >= 15 is 0 Å². The smallest absolute Gasteiger partial charge is 0.00953 e. The zero-order valence-corrected chi connectivity index (χ0v) is 15.2. The fraction of sp³-hybridized carbons (Fsp3) is 1.00. The molecule has 0 aromatic carbocycles. The van der Waals surface area contributed by atoms with Gasteiger partial charge in [0.05, 0.1) is 0 Å². The first-order valence-electron chi connectivity index (χ1n) is 9.45. The molecule has 2 heteroatoms. The maximum absolute atomic E-state index is 2.79. The number of hydrogen-bond acceptors (Lipinski definition) is 2. The largest absolute Gasteiger partial charge is 0.301 e. The summed E-state index contributed by atoms with van der Waals surface area (Å²) in [5, 5.41) is 0. The third kappa shape index (κ3) is 4.45. The summed E-state index contributed by atoms with van der Waals surface area (Å²) in [5.41, 5.74) is 0.582. The van der Waals surface area contributed by atoms with Gasteiger partial charge in [0, 0.05) is 25.2 Å². The highest BCUT2D eigenvalue weighted by Crippen LogP contribution is 2.36. The standard InChI is InChI=1S/C19H38N2/c1-6-17-8-10-18(11-9-17)20(7-2)13-12-19(5)14-21(15-19)16(3)4/h16-18H,6-15H2,1-5H3. The second-order valence-corrected chi connectivity index (χ2v) is 8.27. The number of hydrogen-bond donors (Lipinski definition) is 0. The van der Waals surface area contributed by atoms with Crippen molar-refractivity contribution >= 4 is 0 Å². The first-order chi connectivity index (χ1) is 9.97. The van der Waals surface area contributed by atoms with Crippen molar-refractivity contribution in [1.29, 1.82) is 0 Å².